The minimum atomic E-state index is 0.664. The van der Waals surface area contributed by atoms with Crippen molar-refractivity contribution in [3.63, 3.8) is 0 Å². The molecule has 0 saturated carbocycles. The molecule has 0 spiro atoms. The second-order valence-corrected chi connectivity index (χ2v) is 6.77. The minimum absolute atomic E-state index is 0.664. The van der Waals surface area contributed by atoms with Crippen LogP contribution in [0.2, 0.25) is 0 Å². The van der Waals surface area contributed by atoms with E-state index in [-0.39, 0.29) is 0 Å². The molecule has 0 radical (unpaired) electrons. The highest BCUT2D eigenvalue weighted by Crippen LogP contribution is 2.28. The summed E-state index contributed by atoms with van der Waals surface area (Å²) in [4.78, 5) is 0. The highest BCUT2D eigenvalue weighted by atomic mass is 16.6. The van der Waals surface area contributed by atoms with Gasteiger partial charge in [0.15, 0.2) is 11.5 Å². The maximum atomic E-state index is 5.30. The fourth-order valence-corrected chi connectivity index (χ4v) is 2.51. The number of para-hydroxylation sites is 2. The van der Waals surface area contributed by atoms with Gasteiger partial charge in [-0.2, -0.15) is 0 Å². The number of hydrogen-bond acceptors (Lipinski definition) is 2. The van der Waals surface area contributed by atoms with Gasteiger partial charge >= 0.3 is 0 Å². The summed E-state index contributed by atoms with van der Waals surface area (Å²) in [5, 5.41) is 0. The summed E-state index contributed by atoms with van der Waals surface area (Å²) < 4.78 is 10.6. The molecule has 0 fully saturated rings. The van der Waals surface area contributed by atoms with Crippen LogP contribution in [0.1, 0.15) is 98.6 Å². The summed E-state index contributed by atoms with van der Waals surface area (Å²) in [6.45, 7) is 18.0. The molecule has 2 aliphatic rings. The number of rotatable bonds is 2. The van der Waals surface area contributed by atoms with Crippen molar-refractivity contribution in [3.8, 4) is 11.5 Å². The van der Waals surface area contributed by atoms with Gasteiger partial charge in [-0.3, -0.25) is 0 Å². The highest BCUT2D eigenvalue weighted by Gasteiger charge is 2.08. The van der Waals surface area contributed by atoms with E-state index in [1.165, 1.54) is 44.9 Å². The van der Waals surface area contributed by atoms with E-state index >= 15 is 0 Å². The molecule has 2 heteroatoms. The molecule has 1 aliphatic heterocycles. The van der Waals surface area contributed by atoms with Crippen LogP contribution in [0.5, 0.6) is 11.5 Å². The lowest BCUT2D eigenvalue weighted by molar-refractivity contribution is 0.171. The monoisotopic (exact) mass is 430 g/mol. The molecule has 0 aromatic heterocycles. The predicted molar refractivity (Wildman–Crippen MR) is 140 cm³/mol. The summed E-state index contributed by atoms with van der Waals surface area (Å²) in [7, 11) is 0. The van der Waals surface area contributed by atoms with Crippen molar-refractivity contribution in [2.24, 2.45) is 0 Å². The van der Waals surface area contributed by atoms with Crippen LogP contribution in [-0.2, 0) is 12.8 Å². The number of hydrogen-bond donors (Lipinski definition) is 0. The highest BCUT2D eigenvalue weighted by molar-refractivity contribution is 5.40. The van der Waals surface area contributed by atoms with Crippen LogP contribution in [-0.4, -0.2) is 13.2 Å². The van der Waals surface area contributed by atoms with Crippen molar-refractivity contribution < 1.29 is 9.47 Å². The van der Waals surface area contributed by atoms with Gasteiger partial charge in [0.25, 0.3) is 0 Å². The van der Waals surface area contributed by atoms with Crippen LogP contribution < -0.4 is 9.47 Å². The summed E-state index contributed by atoms with van der Waals surface area (Å²) in [6, 6.07) is 16.4. The summed E-state index contributed by atoms with van der Waals surface area (Å²) >= 11 is 0. The topological polar surface area (TPSA) is 18.5 Å². The fraction of sp³-hybridized carbons (Fsp3) is 0.586. The Hall–Kier alpha value is -1.96. The van der Waals surface area contributed by atoms with Crippen molar-refractivity contribution in [3.05, 3.63) is 59.7 Å². The Bertz CT molecular complexity index is 551. The lowest BCUT2D eigenvalue weighted by atomic mass is 10.1. The van der Waals surface area contributed by atoms with Crippen LogP contribution in [0.25, 0.3) is 0 Å². The normalized spacial score (nSPS) is 11.6. The molecule has 4 rings (SSSR count). The van der Waals surface area contributed by atoms with E-state index < -0.39 is 0 Å². The van der Waals surface area contributed by atoms with E-state index in [0.717, 1.165) is 11.5 Å². The van der Waals surface area contributed by atoms with E-state index in [1.54, 1.807) is 11.1 Å². The second kappa shape index (κ2) is 24.3. The first-order chi connectivity index (χ1) is 15.3. The molecule has 0 N–H and O–H groups in total. The molecular formula is C29H50O2. The number of aryl methyl sites for hydroxylation is 2. The molecule has 0 unspecified atom stereocenters. The number of benzene rings is 2. The van der Waals surface area contributed by atoms with Crippen LogP contribution in [0.3, 0.4) is 0 Å². The average molecular weight is 431 g/mol. The summed E-state index contributed by atoms with van der Waals surface area (Å²) in [6.07, 6.45) is 9.24. The molecule has 1 aliphatic carbocycles. The zero-order valence-electron chi connectivity index (χ0n) is 21.8. The van der Waals surface area contributed by atoms with Crippen molar-refractivity contribution in [2.75, 3.05) is 13.2 Å². The first-order valence-corrected chi connectivity index (χ1v) is 12.7. The third-order valence-corrected chi connectivity index (χ3v) is 4.46. The Kier molecular flexibility index (Phi) is 24.5. The fourth-order valence-electron chi connectivity index (χ4n) is 2.51. The molecule has 1 heterocycles. The van der Waals surface area contributed by atoms with Crippen molar-refractivity contribution in [2.45, 2.75) is 100 Å². The molecule has 178 valence electrons. The van der Waals surface area contributed by atoms with E-state index in [9.17, 15) is 0 Å². The lowest BCUT2D eigenvalue weighted by Crippen LogP contribution is -2.14. The van der Waals surface area contributed by atoms with Gasteiger partial charge in [-0.15, -0.1) is 0 Å². The number of unbranched alkanes of at least 4 members (excludes halogenated alkanes) is 2. The Balaban J connectivity index is 0. The second-order valence-electron chi connectivity index (χ2n) is 6.77. The van der Waals surface area contributed by atoms with Gasteiger partial charge in [-0.25, -0.2) is 0 Å². The van der Waals surface area contributed by atoms with E-state index in [0.29, 0.717) is 13.2 Å². The molecule has 0 amide bonds. The molecule has 0 atom stereocenters. The van der Waals surface area contributed by atoms with Crippen LogP contribution in [0, 0.1) is 0 Å². The van der Waals surface area contributed by atoms with E-state index in [1.807, 2.05) is 52.0 Å². The molecule has 0 bridgehead atoms. The standard InChI is InChI=1S/C9H10.C8H8O2.2C4H10.2C2H6/c1-2-5-9-7-3-6-8(9)4-1;1-2-4-8-7(3-1)9-5-6-10-8;2*1-3-4-2;2*1-2/h1-2,4-5H,3,6-7H2;1-4H,5-6H2;2*3-4H2,1-2H3;2*1-2H3. The Morgan fingerprint density at radius 3 is 1.19 bits per heavy atom. The number of fused-ring (bicyclic) bond motifs is 2. The van der Waals surface area contributed by atoms with Gasteiger partial charge in [0, 0.05) is 0 Å². The van der Waals surface area contributed by atoms with Gasteiger partial charge in [-0.05, 0) is 42.5 Å². The molecule has 2 nitrogen and oxygen atoms in total. The third-order valence-electron chi connectivity index (χ3n) is 4.46. The average Bonchev–Trinajstić information content (AvgIpc) is 3.36. The van der Waals surface area contributed by atoms with Crippen LogP contribution in [0.15, 0.2) is 48.5 Å². The lowest BCUT2D eigenvalue weighted by Gasteiger charge is -2.17. The smallest absolute Gasteiger partial charge is 0.161 e. The summed E-state index contributed by atoms with van der Waals surface area (Å²) in [5.74, 6) is 1.71. The minimum Gasteiger partial charge on any atom is -0.486 e. The Morgan fingerprint density at radius 2 is 0.871 bits per heavy atom. The van der Waals surface area contributed by atoms with Crippen LogP contribution >= 0.6 is 0 Å². The molecular weight excluding hydrogens is 380 g/mol. The number of ether oxygens (including phenoxy) is 2. The summed E-state index contributed by atoms with van der Waals surface area (Å²) in [5.41, 5.74) is 3.13. The van der Waals surface area contributed by atoms with E-state index in [4.69, 9.17) is 9.47 Å². The van der Waals surface area contributed by atoms with Gasteiger partial charge < -0.3 is 9.47 Å². The van der Waals surface area contributed by atoms with Gasteiger partial charge in [0.2, 0.25) is 0 Å². The van der Waals surface area contributed by atoms with Gasteiger partial charge in [-0.1, -0.05) is 117 Å². The zero-order valence-corrected chi connectivity index (χ0v) is 21.8. The van der Waals surface area contributed by atoms with Gasteiger partial charge in [0.1, 0.15) is 13.2 Å². The van der Waals surface area contributed by atoms with Crippen molar-refractivity contribution in [1.29, 1.82) is 0 Å². The predicted octanol–water partition coefficient (Wildman–Crippen LogP) is 9.30. The molecule has 31 heavy (non-hydrogen) atoms. The third kappa shape index (κ3) is 15.5. The first-order valence-electron chi connectivity index (χ1n) is 12.7. The first kappa shape index (κ1) is 31.2. The van der Waals surface area contributed by atoms with Crippen molar-refractivity contribution >= 4 is 0 Å². The van der Waals surface area contributed by atoms with Crippen molar-refractivity contribution in [1.82, 2.24) is 0 Å². The maximum Gasteiger partial charge on any atom is 0.161 e. The maximum absolute atomic E-state index is 5.30. The quantitative estimate of drug-likeness (QED) is 0.472. The molecule has 0 saturated heterocycles. The van der Waals surface area contributed by atoms with Gasteiger partial charge in [0.05, 0.1) is 0 Å². The molecule has 2 aromatic carbocycles. The Labute approximate surface area is 194 Å². The SMILES string of the molecule is CC.CC.CCCC.CCCC.c1ccc2c(c1)CCC2.c1ccc2c(c1)OCCO2. The molecule has 2 aromatic rings. The van der Waals surface area contributed by atoms with Crippen LogP contribution in [0.4, 0.5) is 0 Å². The Morgan fingerprint density at radius 1 is 0.548 bits per heavy atom. The largest absolute Gasteiger partial charge is 0.486 e. The van der Waals surface area contributed by atoms with E-state index in [2.05, 4.69) is 52.0 Å². The zero-order chi connectivity index (χ0) is 23.7.